The fraction of sp³-hybridized carbons (Fsp3) is 0.444. The van der Waals surface area contributed by atoms with Gasteiger partial charge < -0.3 is 4.90 Å². The van der Waals surface area contributed by atoms with Crippen LogP contribution in [-0.2, 0) is 0 Å². The van der Waals surface area contributed by atoms with Gasteiger partial charge in [-0.05, 0) is 26.0 Å². The first kappa shape index (κ1) is 10.5. The summed E-state index contributed by atoms with van der Waals surface area (Å²) in [7, 11) is 0. The summed E-state index contributed by atoms with van der Waals surface area (Å²) in [6, 6.07) is 3.52. The fourth-order valence-corrected chi connectivity index (χ4v) is 2.11. The third kappa shape index (κ3) is 2.45. The number of hydrogen-bond donors (Lipinski definition) is 0. The van der Waals surface area contributed by atoms with Crippen LogP contribution in [-0.4, -0.2) is 23.9 Å². The van der Waals surface area contributed by atoms with Crippen LogP contribution in [0.5, 0.6) is 0 Å². The quantitative estimate of drug-likeness (QED) is 0.763. The van der Waals surface area contributed by atoms with E-state index in [1.54, 1.807) is 17.0 Å². The van der Waals surface area contributed by atoms with Crippen molar-refractivity contribution < 1.29 is 4.79 Å². The van der Waals surface area contributed by atoms with Gasteiger partial charge in [-0.1, -0.05) is 11.6 Å². The molecule has 13 heavy (non-hydrogen) atoms. The summed E-state index contributed by atoms with van der Waals surface area (Å²) < 4.78 is 0.663. The molecular weight excluding hydrogens is 206 g/mol. The summed E-state index contributed by atoms with van der Waals surface area (Å²) in [5.74, 6) is 0.0712. The van der Waals surface area contributed by atoms with Crippen LogP contribution in [0, 0.1) is 0 Å². The molecule has 0 aromatic carbocycles. The number of rotatable bonds is 3. The predicted molar refractivity (Wildman–Crippen MR) is 56.6 cm³/mol. The molecule has 0 aliphatic rings. The lowest BCUT2D eigenvalue weighted by Gasteiger charge is -2.17. The first-order chi connectivity index (χ1) is 6.19. The minimum absolute atomic E-state index is 0.0712. The van der Waals surface area contributed by atoms with Gasteiger partial charge in [0.1, 0.15) is 0 Å². The molecule has 0 bridgehead atoms. The smallest absolute Gasteiger partial charge is 0.263 e. The molecule has 0 atom stereocenters. The van der Waals surface area contributed by atoms with Crippen LogP contribution in [0.3, 0.4) is 0 Å². The fourth-order valence-electron chi connectivity index (χ4n) is 1.10. The Bertz CT molecular complexity index is 294. The first-order valence-corrected chi connectivity index (χ1v) is 5.43. The normalized spacial score (nSPS) is 10.1. The van der Waals surface area contributed by atoms with Crippen molar-refractivity contribution in [2.75, 3.05) is 13.1 Å². The van der Waals surface area contributed by atoms with Crippen LogP contribution < -0.4 is 0 Å². The van der Waals surface area contributed by atoms with Gasteiger partial charge in [0.2, 0.25) is 0 Å². The maximum atomic E-state index is 11.7. The second-order valence-electron chi connectivity index (χ2n) is 2.58. The van der Waals surface area contributed by atoms with E-state index in [0.717, 1.165) is 13.1 Å². The molecule has 1 aromatic heterocycles. The third-order valence-corrected chi connectivity index (χ3v) is 3.05. The van der Waals surface area contributed by atoms with E-state index in [-0.39, 0.29) is 5.91 Å². The molecule has 2 nitrogen and oxygen atoms in total. The molecular formula is C9H12ClNOS. The summed E-state index contributed by atoms with van der Waals surface area (Å²) in [6.07, 6.45) is 0. The molecule has 0 unspecified atom stereocenters. The molecule has 0 fully saturated rings. The summed E-state index contributed by atoms with van der Waals surface area (Å²) in [5, 5.41) is 0. The maximum Gasteiger partial charge on any atom is 0.263 e. The molecule has 0 aliphatic heterocycles. The number of amides is 1. The van der Waals surface area contributed by atoms with Gasteiger partial charge in [-0.3, -0.25) is 4.79 Å². The van der Waals surface area contributed by atoms with Crippen LogP contribution in [0.15, 0.2) is 12.1 Å². The average Bonchev–Trinajstić information content (AvgIpc) is 2.54. The number of hydrogen-bond acceptors (Lipinski definition) is 2. The summed E-state index contributed by atoms with van der Waals surface area (Å²) in [6.45, 7) is 5.42. The molecule has 1 amide bonds. The van der Waals surface area contributed by atoms with E-state index in [9.17, 15) is 4.79 Å². The lowest BCUT2D eigenvalue weighted by molar-refractivity contribution is 0.0778. The highest BCUT2D eigenvalue weighted by Gasteiger charge is 2.13. The Kier molecular flexibility index (Phi) is 3.75. The van der Waals surface area contributed by atoms with E-state index >= 15 is 0 Å². The van der Waals surface area contributed by atoms with Crippen molar-refractivity contribution in [3.05, 3.63) is 21.3 Å². The summed E-state index contributed by atoms with van der Waals surface area (Å²) in [5.41, 5.74) is 0. The van der Waals surface area contributed by atoms with Crippen molar-refractivity contribution >= 4 is 28.8 Å². The van der Waals surface area contributed by atoms with Crippen LogP contribution in [0.2, 0.25) is 4.34 Å². The molecule has 1 rings (SSSR count). The Morgan fingerprint density at radius 2 is 2.08 bits per heavy atom. The Morgan fingerprint density at radius 1 is 1.46 bits per heavy atom. The van der Waals surface area contributed by atoms with Crippen molar-refractivity contribution in [2.24, 2.45) is 0 Å². The molecule has 1 aromatic rings. The molecule has 1 heterocycles. The summed E-state index contributed by atoms with van der Waals surface area (Å²) in [4.78, 5) is 14.2. The predicted octanol–water partition coefficient (Wildman–Crippen LogP) is 2.88. The van der Waals surface area contributed by atoms with Crippen molar-refractivity contribution in [1.82, 2.24) is 4.90 Å². The Hall–Kier alpha value is -0.540. The van der Waals surface area contributed by atoms with E-state index in [0.29, 0.717) is 9.21 Å². The highest BCUT2D eigenvalue weighted by molar-refractivity contribution is 7.17. The molecule has 0 saturated heterocycles. The van der Waals surface area contributed by atoms with Gasteiger partial charge in [0.05, 0.1) is 9.21 Å². The topological polar surface area (TPSA) is 20.3 Å². The molecule has 72 valence electrons. The molecule has 4 heteroatoms. The van der Waals surface area contributed by atoms with E-state index in [1.165, 1.54) is 11.3 Å². The van der Waals surface area contributed by atoms with E-state index in [4.69, 9.17) is 11.6 Å². The summed E-state index contributed by atoms with van der Waals surface area (Å²) >= 11 is 7.07. The van der Waals surface area contributed by atoms with Crippen molar-refractivity contribution in [2.45, 2.75) is 13.8 Å². The molecule has 0 radical (unpaired) electrons. The Morgan fingerprint density at radius 3 is 2.46 bits per heavy atom. The zero-order valence-electron chi connectivity index (χ0n) is 7.71. The number of carbonyl (C=O) groups is 1. The number of thiophene rings is 1. The van der Waals surface area contributed by atoms with Crippen LogP contribution in [0.25, 0.3) is 0 Å². The van der Waals surface area contributed by atoms with Crippen LogP contribution >= 0.6 is 22.9 Å². The number of carbonyl (C=O) groups excluding carboxylic acids is 1. The molecule has 0 spiro atoms. The SMILES string of the molecule is CCN(CC)C(=O)c1ccc(Cl)s1. The van der Waals surface area contributed by atoms with Gasteiger partial charge >= 0.3 is 0 Å². The van der Waals surface area contributed by atoms with Crippen molar-refractivity contribution in [3.8, 4) is 0 Å². The highest BCUT2D eigenvalue weighted by atomic mass is 35.5. The number of halogens is 1. The van der Waals surface area contributed by atoms with Gasteiger partial charge in [0.25, 0.3) is 5.91 Å². The standard InChI is InChI=1S/C9H12ClNOS/c1-3-11(4-2)9(12)7-5-6-8(10)13-7/h5-6H,3-4H2,1-2H3. The average molecular weight is 218 g/mol. The van der Waals surface area contributed by atoms with Crippen molar-refractivity contribution in [3.63, 3.8) is 0 Å². The monoisotopic (exact) mass is 217 g/mol. The first-order valence-electron chi connectivity index (χ1n) is 4.23. The third-order valence-electron chi connectivity index (χ3n) is 1.83. The minimum Gasteiger partial charge on any atom is -0.339 e. The molecule has 0 N–H and O–H groups in total. The Labute approximate surface area is 87.1 Å². The second kappa shape index (κ2) is 4.63. The lowest BCUT2D eigenvalue weighted by atomic mass is 10.4. The minimum atomic E-state index is 0.0712. The van der Waals surface area contributed by atoms with E-state index < -0.39 is 0 Å². The van der Waals surface area contributed by atoms with Gasteiger partial charge in [-0.2, -0.15) is 0 Å². The zero-order chi connectivity index (χ0) is 9.84. The molecule has 0 saturated carbocycles. The highest BCUT2D eigenvalue weighted by Crippen LogP contribution is 2.22. The second-order valence-corrected chi connectivity index (χ2v) is 4.30. The van der Waals surface area contributed by atoms with E-state index in [2.05, 4.69) is 0 Å². The van der Waals surface area contributed by atoms with Crippen LogP contribution in [0.4, 0.5) is 0 Å². The van der Waals surface area contributed by atoms with E-state index in [1.807, 2.05) is 13.8 Å². The lowest BCUT2D eigenvalue weighted by Crippen LogP contribution is -2.29. The largest absolute Gasteiger partial charge is 0.339 e. The van der Waals surface area contributed by atoms with Gasteiger partial charge in [0, 0.05) is 13.1 Å². The van der Waals surface area contributed by atoms with Gasteiger partial charge in [0.15, 0.2) is 0 Å². The van der Waals surface area contributed by atoms with Crippen molar-refractivity contribution in [1.29, 1.82) is 0 Å². The van der Waals surface area contributed by atoms with Gasteiger partial charge in [-0.25, -0.2) is 0 Å². The number of nitrogens with zero attached hydrogens (tertiary/aromatic N) is 1. The Balaban J connectivity index is 2.78. The molecule has 0 aliphatic carbocycles. The maximum absolute atomic E-state index is 11.7. The zero-order valence-corrected chi connectivity index (χ0v) is 9.28. The van der Waals surface area contributed by atoms with Crippen LogP contribution in [0.1, 0.15) is 23.5 Å². The van der Waals surface area contributed by atoms with Gasteiger partial charge in [-0.15, -0.1) is 11.3 Å².